The maximum atomic E-state index is 12.9. The molecular formula is C20H19N3O4. The van der Waals surface area contributed by atoms with E-state index < -0.39 is 11.9 Å². The van der Waals surface area contributed by atoms with Crippen LogP contribution < -0.4 is 5.69 Å². The van der Waals surface area contributed by atoms with Gasteiger partial charge in [0.1, 0.15) is 6.54 Å². The zero-order valence-electron chi connectivity index (χ0n) is 14.8. The van der Waals surface area contributed by atoms with Crippen molar-refractivity contribution < 1.29 is 14.7 Å². The molecule has 138 valence electrons. The molecule has 0 saturated heterocycles. The summed E-state index contributed by atoms with van der Waals surface area (Å²) in [6, 6.07) is 14.6. The minimum Gasteiger partial charge on any atom is -0.481 e. The molecular weight excluding hydrogens is 346 g/mol. The van der Waals surface area contributed by atoms with Gasteiger partial charge >= 0.3 is 11.7 Å². The summed E-state index contributed by atoms with van der Waals surface area (Å²) >= 11 is 0. The Morgan fingerprint density at radius 3 is 2.48 bits per heavy atom. The van der Waals surface area contributed by atoms with Gasteiger partial charge in [-0.1, -0.05) is 36.4 Å². The van der Waals surface area contributed by atoms with Crippen molar-refractivity contribution >= 4 is 22.9 Å². The average molecular weight is 365 g/mol. The first-order valence-electron chi connectivity index (χ1n) is 8.70. The SMILES string of the molecule is Cn1c(=O)n(CC(=O)N2Cc3ccccc3C(C(=O)O)C2)c2ccccc21. The van der Waals surface area contributed by atoms with Crippen LogP contribution in [-0.4, -0.2) is 37.6 Å². The van der Waals surface area contributed by atoms with E-state index in [0.29, 0.717) is 12.1 Å². The number of aryl methyl sites for hydroxylation is 1. The molecule has 27 heavy (non-hydrogen) atoms. The van der Waals surface area contributed by atoms with Crippen LogP contribution in [0.5, 0.6) is 0 Å². The van der Waals surface area contributed by atoms with E-state index >= 15 is 0 Å². The van der Waals surface area contributed by atoms with Crippen molar-refractivity contribution in [1.82, 2.24) is 14.0 Å². The van der Waals surface area contributed by atoms with Crippen LogP contribution in [0.2, 0.25) is 0 Å². The van der Waals surface area contributed by atoms with Crippen LogP contribution in [-0.2, 0) is 29.7 Å². The van der Waals surface area contributed by atoms with Gasteiger partial charge in [-0.15, -0.1) is 0 Å². The van der Waals surface area contributed by atoms with E-state index in [1.807, 2.05) is 36.4 Å². The number of nitrogens with zero attached hydrogens (tertiary/aromatic N) is 3. The van der Waals surface area contributed by atoms with Crippen LogP contribution in [0.25, 0.3) is 11.0 Å². The first-order chi connectivity index (χ1) is 13.0. The van der Waals surface area contributed by atoms with Crippen LogP contribution >= 0.6 is 0 Å². The van der Waals surface area contributed by atoms with Gasteiger partial charge in [-0.05, 0) is 23.3 Å². The third-order valence-electron chi connectivity index (χ3n) is 5.19. The van der Waals surface area contributed by atoms with Gasteiger partial charge in [-0.2, -0.15) is 0 Å². The number of rotatable bonds is 3. The fourth-order valence-corrected chi connectivity index (χ4v) is 3.76. The molecule has 0 saturated carbocycles. The van der Waals surface area contributed by atoms with Crippen molar-refractivity contribution in [1.29, 1.82) is 0 Å². The first-order valence-corrected chi connectivity index (χ1v) is 8.70. The largest absolute Gasteiger partial charge is 0.481 e. The average Bonchev–Trinajstić information content (AvgIpc) is 2.92. The van der Waals surface area contributed by atoms with Gasteiger partial charge in [-0.3, -0.25) is 18.7 Å². The number of fused-ring (bicyclic) bond motifs is 2. The number of imidazole rings is 1. The summed E-state index contributed by atoms with van der Waals surface area (Å²) in [4.78, 5) is 38.7. The Labute approximate surface area is 155 Å². The lowest BCUT2D eigenvalue weighted by Crippen LogP contribution is -2.43. The predicted molar refractivity (Wildman–Crippen MR) is 99.4 cm³/mol. The number of carboxylic acid groups (broad SMARTS) is 1. The summed E-state index contributed by atoms with van der Waals surface area (Å²) < 4.78 is 2.95. The summed E-state index contributed by atoms with van der Waals surface area (Å²) in [5, 5.41) is 9.57. The van der Waals surface area contributed by atoms with Gasteiger partial charge in [0.05, 0.1) is 17.0 Å². The van der Waals surface area contributed by atoms with Gasteiger partial charge < -0.3 is 10.0 Å². The van der Waals surface area contributed by atoms with Gasteiger partial charge in [0.15, 0.2) is 0 Å². The number of benzene rings is 2. The standard InChI is InChI=1S/C20H19N3O4/c1-21-16-8-4-5-9-17(16)23(20(21)27)12-18(24)22-10-13-6-2-3-7-14(13)15(11-22)19(25)26/h2-9,15H,10-12H2,1H3,(H,25,26). The Hall–Kier alpha value is -3.35. The lowest BCUT2D eigenvalue weighted by atomic mass is 9.90. The molecule has 4 rings (SSSR count). The normalized spacial score (nSPS) is 16.3. The quantitative estimate of drug-likeness (QED) is 0.763. The molecule has 0 fully saturated rings. The van der Waals surface area contributed by atoms with E-state index in [2.05, 4.69) is 0 Å². The topological polar surface area (TPSA) is 84.5 Å². The number of carboxylic acids is 1. The van der Waals surface area contributed by atoms with Crippen molar-refractivity contribution in [3.8, 4) is 0 Å². The highest BCUT2D eigenvalue weighted by Crippen LogP contribution is 2.28. The van der Waals surface area contributed by atoms with E-state index in [1.165, 1.54) is 14.0 Å². The molecule has 1 aromatic heterocycles. The Kier molecular flexibility index (Phi) is 4.07. The maximum Gasteiger partial charge on any atom is 0.329 e. The fourth-order valence-electron chi connectivity index (χ4n) is 3.76. The Morgan fingerprint density at radius 2 is 1.74 bits per heavy atom. The molecule has 7 heteroatoms. The lowest BCUT2D eigenvalue weighted by Gasteiger charge is -2.32. The molecule has 7 nitrogen and oxygen atoms in total. The van der Waals surface area contributed by atoms with Crippen LogP contribution in [0.1, 0.15) is 17.0 Å². The second kappa shape index (κ2) is 6.42. The smallest absolute Gasteiger partial charge is 0.329 e. The third kappa shape index (κ3) is 2.81. The van der Waals surface area contributed by atoms with Gasteiger partial charge in [0, 0.05) is 20.1 Å². The minimum absolute atomic E-state index is 0.102. The second-order valence-electron chi connectivity index (χ2n) is 6.78. The number of aliphatic carboxylic acids is 1. The molecule has 1 atom stereocenters. The highest BCUT2D eigenvalue weighted by atomic mass is 16.4. The highest BCUT2D eigenvalue weighted by Gasteiger charge is 2.32. The fraction of sp³-hybridized carbons (Fsp3) is 0.250. The summed E-state index contributed by atoms with van der Waals surface area (Å²) in [5.74, 6) is -1.99. The molecule has 1 aliphatic rings. The molecule has 0 aliphatic carbocycles. The van der Waals surface area contributed by atoms with Crippen molar-refractivity contribution in [2.24, 2.45) is 7.05 Å². The van der Waals surface area contributed by atoms with Crippen LogP contribution in [0.4, 0.5) is 0 Å². The molecule has 0 spiro atoms. The summed E-state index contributed by atoms with van der Waals surface area (Å²) in [5.41, 5.74) is 2.75. The van der Waals surface area contributed by atoms with Crippen LogP contribution in [0.15, 0.2) is 53.3 Å². The summed E-state index contributed by atoms with van der Waals surface area (Å²) in [6.07, 6.45) is 0. The predicted octanol–water partition coefficient (Wildman–Crippen LogP) is 1.55. The van der Waals surface area contributed by atoms with Crippen molar-refractivity contribution in [2.45, 2.75) is 19.0 Å². The lowest BCUT2D eigenvalue weighted by molar-refractivity contribution is -0.141. The van der Waals surface area contributed by atoms with Crippen molar-refractivity contribution in [2.75, 3.05) is 6.54 Å². The number of para-hydroxylation sites is 2. The summed E-state index contributed by atoms with van der Waals surface area (Å²) in [6.45, 7) is 0.331. The Bertz CT molecular complexity index is 1110. The molecule has 1 aliphatic heterocycles. The van der Waals surface area contributed by atoms with E-state index in [0.717, 1.165) is 16.6 Å². The number of amides is 1. The molecule has 2 heterocycles. The molecule has 1 N–H and O–H groups in total. The molecule has 2 aromatic carbocycles. The van der Waals surface area contributed by atoms with Gasteiger partial charge in [0.2, 0.25) is 5.91 Å². The van der Waals surface area contributed by atoms with E-state index in [1.54, 1.807) is 19.2 Å². The third-order valence-corrected chi connectivity index (χ3v) is 5.19. The van der Waals surface area contributed by atoms with Crippen molar-refractivity contribution in [3.63, 3.8) is 0 Å². The van der Waals surface area contributed by atoms with E-state index in [9.17, 15) is 19.5 Å². The van der Waals surface area contributed by atoms with Crippen LogP contribution in [0, 0.1) is 0 Å². The number of carbonyl (C=O) groups is 2. The molecule has 0 bridgehead atoms. The molecule has 1 amide bonds. The monoisotopic (exact) mass is 365 g/mol. The zero-order chi connectivity index (χ0) is 19.1. The number of aromatic nitrogens is 2. The van der Waals surface area contributed by atoms with E-state index in [4.69, 9.17) is 0 Å². The van der Waals surface area contributed by atoms with Crippen molar-refractivity contribution in [3.05, 3.63) is 70.1 Å². The number of carbonyl (C=O) groups excluding carboxylic acids is 1. The minimum atomic E-state index is -0.956. The zero-order valence-corrected chi connectivity index (χ0v) is 14.8. The maximum absolute atomic E-state index is 12.9. The Balaban J connectivity index is 1.66. The first kappa shape index (κ1) is 17.1. The number of hydrogen-bond donors (Lipinski definition) is 1. The molecule has 0 radical (unpaired) electrons. The summed E-state index contributed by atoms with van der Waals surface area (Å²) in [7, 11) is 1.67. The van der Waals surface area contributed by atoms with Gasteiger partial charge in [0.25, 0.3) is 0 Å². The highest BCUT2D eigenvalue weighted by molar-refractivity contribution is 5.83. The van der Waals surface area contributed by atoms with Crippen LogP contribution in [0.3, 0.4) is 0 Å². The molecule has 3 aromatic rings. The number of hydrogen-bond acceptors (Lipinski definition) is 3. The van der Waals surface area contributed by atoms with Gasteiger partial charge in [-0.25, -0.2) is 4.79 Å². The molecule has 1 unspecified atom stereocenters. The second-order valence-corrected chi connectivity index (χ2v) is 6.78. The van der Waals surface area contributed by atoms with E-state index in [-0.39, 0.29) is 24.7 Å². The Morgan fingerprint density at radius 1 is 1.07 bits per heavy atom.